The molecular weight excluding hydrogens is 408 g/mol. The van der Waals surface area contributed by atoms with Gasteiger partial charge in [0.1, 0.15) is 23.1 Å². The van der Waals surface area contributed by atoms with Gasteiger partial charge in [-0.15, -0.1) is 0 Å². The van der Waals surface area contributed by atoms with Gasteiger partial charge < -0.3 is 25.8 Å². The van der Waals surface area contributed by atoms with Crippen molar-refractivity contribution in [1.29, 1.82) is 0 Å². The van der Waals surface area contributed by atoms with Crippen LogP contribution in [0.2, 0.25) is 0 Å². The van der Waals surface area contributed by atoms with Crippen molar-refractivity contribution < 1.29 is 19.4 Å². The van der Waals surface area contributed by atoms with E-state index in [1.807, 2.05) is 6.07 Å². The van der Waals surface area contributed by atoms with Crippen LogP contribution in [0.1, 0.15) is 55.6 Å². The molecule has 0 spiro atoms. The summed E-state index contributed by atoms with van der Waals surface area (Å²) in [7, 11) is 0. The molecule has 8 nitrogen and oxygen atoms in total. The number of anilines is 1. The van der Waals surface area contributed by atoms with Crippen LogP contribution in [0.3, 0.4) is 0 Å². The molecule has 8 heteroatoms. The highest BCUT2D eigenvalue weighted by atomic mass is 16.5. The largest absolute Gasteiger partial charge is 0.508 e. The molecule has 6 rings (SSSR count). The first-order chi connectivity index (χ1) is 15.5. The summed E-state index contributed by atoms with van der Waals surface area (Å²) >= 11 is 0. The number of benzene rings is 1. The molecule has 4 N–H and O–H groups in total. The van der Waals surface area contributed by atoms with Crippen LogP contribution < -0.4 is 20.7 Å². The molecule has 0 radical (unpaired) electrons. The van der Waals surface area contributed by atoms with E-state index in [0.29, 0.717) is 36.1 Å². The molecule has 0 saturated heterocycles. The summed E-state index contributed by atoms with van der Waals surface area (Å²) in [5.74, 6) is 2.44. The van der Waals surface area contributed by atoms with Crippen LogP contribution in [0.25, 0.3) is 0 Å². The van der Waals surface area contributed by atoms with E-state index in [4.69, 9.17) is 4.74 Å². The van der Waals surface area contributed by atoms with Gasteiger partial charge in [-0.25, -0.2) is 9.78 Å². The lowest BCUT2D eigenvalue weighted by Crippen LogP contribution is -2.44. The van der Waals surface area contributed by atoms with Gasteiger partial charge >= 0.3 is 6.03 Å². The number of hydrogen-bond acceptors (Lipinski definition) is 5. The SMILES string of the molecule is O=C1CCc2c(Oc3ccc(O)c([C@@H]4[C@@H]5C[C@@]45NC(=O)NC4CCCC4)c3)ccnc2N1. The summed E-state index contributed by atoms with van der Waals surface area (Å²) in [6.45, 7) is 0. The average molecular weight is 434 g/mol. The Kier molecular flexibility index (Phi) is 4.31. The van der Waals surface area contributed by atoms with Gasteiger partial charge in [-0.05, 0) is 55.9 Å². The lowest BCUT2D eigenvalue weighted by Gasteiger charge is -2.20. The van der Waals surface area contributed by atoms with Gasteiger partial charge in [-0.3, -0.25) is 4.79 Å². The molecule has 3 atom stereocenters. The van der Waals surface area contributed by atoms with Crippen LogP contribution in [0, 0.1) is 5.92 Å². The van der Waals surface area contributed by atoms with E-state index in [1.54, 1.807) is 24.4 Å². The molecule has 3 amide bonds. The van der Waals surface area contributed by atoms with Crippen molar-refractivity contribution in [2.75, 3.05) is 5.32 Å². The van der Waals surface area contributed by atoms with Crippen LogP contribution in [0.4, 0.5) is 10.6 Å². The zero-order valence-corrected chi connectivity index (χ0v) is 17.7. The maximum atomic E-state index is 12.5. The minimum atomic E-state index is -0.237. The number of phenols is 1. The molecule has 3 fully saturated rings. The number of amides is 3. The minimum Gasteiger partial charge on any atom is -0.508 e. The van der Waals surface area contributed by atoms with E-state index in [2.05, 4.69) is 20.9 Å². The molecule has 0 bridgehead atoms. The van der Waals surface area contributed by atoms with Gasteiger partial charge in [0.05, 0.1) is 5.54 Å². The minimum absolute atomic E-state index is 0.0446. The number of nitrogens with one attached hydrogen (secondary N) is 3. The molecule has 1 aromatic carbocycles. The van der Waals surface area contributed by atoms with Crippen molar-refractivity contribution in [2.24, 2.45) is 5.92 Å². The Hall–Kier alpha value is -3.29. The van der Waals surface area contributed by atoms with Crippen LogP contribution in [-0.2, 0) is 11.2 Å². The lowest BCUT2D eigenvalue weighted by molar-refractivity contribution is -0.116. The second kappa shape index (κ2) is 7.12. The number of pyridine rings is 1. The second-order valence-corrected chi connectivity index (χ2v) is 9.42. The summed E-state index contributed by atoms with van der Waals surface area (Å²) in [5, 5.41) is 19.5. The summed E-state index contributed by atoms with van der Waals surface area (Å²) in [6, 6.07) is 7.20. The Morgan fingerprint density at radius 3 is 2.88 bits per heavy atom. The normalized spacial score (nSPS) is 27.7. The van der Waals surface area contributed by atoms with E-state index < -0.39 is 0 Å². The first-order valence-electron chi connectivity index (χ1n) is 11.4. The Labute approximate surface area is 185 Å². The predicted molar refractivity (Wildman–Crippen MR) is 117 cm³/mol. The van der Waals surface area contributed by atoms with Gasteiger partial charge in [-0.1, -0.05) is 12.8 Å². The quantitative estimate of drug-likeness (QED) is 0.575. The maximum absolute atomic E-state index is 12.5. The van der Waals surface area contributed by atoms with Gasteiger partial charge in [-0.2, -0.15) is 0 Å². The van der Waals surface area contributed by atoms with Gasteiger partial charge in [0.15, 0.2) is 0 Å². The fourth-order valence-corrected chi connectivity index (χ4v) is 5.45. The molecule has 0 unspecified atom stereocenters. The molecular formula is C24H26N4O4. The second-order valence-electron chi connectivity index (χ2n) is 9.42. The lowest BCUT2D eigenvalue weighted by atomic mass is 9.99. The standard InChI is InChI=1S/C24H26N4O4/c29-18-7-5-14(32-19-9-10-25-22-15(19)6-8-20(30)27-22)11-16(18)21-17-12-24(17,21)28-23(31)26-13-3-1-2-4-13/h5,7,9-11,13,17,21,29H,1-4,6,8,12H2,(H,25,27,30)(H2,26,28,31)/t17-,21+,24-/m0/s1. The average Bonchev–Trinajstić information content (AvgIpc) is 3.51. The molecule has 2 heterocycles. The van der Waals surface area contributed by atoms with Crippen molar-refractivity contribution in [3.05, 3.63) is 41.6 Å². The number of aromatic nitrogens is 1. The van der Waals surface area contributed by atoms with Crippen molar-refractivity contribution in [3.63, 3.8) is 0 Å². The number of urea groups is 1. The molecule has 1 aliphatic heterocycles. The first kappa shape index (κ1) is 19.4. The molecule has 4 aliphatic rings. The Balaban J connectivity index is 1.17. The fraction of sp³-hybridized carbons (Fsp3) is 0.458. The molecule has 1 aromatic heterocycles. The Morgan fingerprint density at radius 1 is 1.22 bits per heavy atom. The summed E-state index contributed by atoms with van der Waals surface area (Å²) in [4.78, 5) is 28.3. The van der Waals surface area contributed by atoms with Crippen LogP contribution in [0.15, 0.2) is 30.5 Å². The highest BCUT2D eigenvalue weighted by molar-refractivity contribution is 5.93. The first-order valence-corrected chi connectivity index (χ1v) is 11.4. The number of hydrogen-bond donors (Lipinski definition) is 4. The number of ether oxygens (including phenoxy) is 1. The van der Waals surface area contributed by atoms with E-state index >= 15 is 0 Å². The number of phenolic OH excluding ortho intramolecular Hbond substituents is 1. The van der Waals surface area contributed by atoms with E-state index in [-0.39, 0.29) is 35.2 Å². The summed E-state index contributed by atoms with van der Waals surface area (Å²) in [5.41, 5.74) is 1.44. The van der Waals surface area contributed by atoms with Crippen molar-refractivity contribution >= 4 is 17.8 Å². The zero-order valence-electron chi connectivity index (χ0n) is 17.7. The van der Waals surface area contributed by atoms with Crippen molar-refractivity contribution in [2.45, 2.75) is 62.4 Å². The number of rotatable bonds is 5. The molecule has 166 valence electrons. The third-order valence-corrected chi connectivity index (χ3v) is 7.38. The molecule has 3 aliphatic carbocycles. The Morgan fingerprint density at radius 2 is 2.06 bits per heavy atom. The third-order valence-electron chi connectivity index (χ3n) is 7.38. The van der Waals surface area contributed by atoms with Crippen molar-refractivity contribution in [3.8, 4) is 17.2 Å². The highest BCUT2D eigenvalue weighted by Gasteiger charge is 2.80. The van der Waals surface area contributed by atoms with Gasteiger partial charge in [0, 0.05) is 35.7 Å². The van der Waals surface area contributed by atoms with Crippen LogP contribution >= 0.6 is 0 Å². The number of aromatic hydroxyl groups is 1. The zero-order chi connectivity index (χ0) is 21.9. The van der Waals surface area contributed by atoms with Crippen LogP contribution in [-0.4, -0.2) is 33.6 Å². The molecule has 2 aromatic rings. The van der Waals surface area contributed by atoms with E-state index in [0.717, 1.165) is 30.4 Å². The predicted octanol–water partition coefficient (Wildman–Crippen LogP) is 3.56. The Bertz CT molecular complexity index is 1110. The van der Waals surface area contributed by atoms with E-state index in [9.17, 15) is 14.7 Å². The number of nitrogens with zero attached hydrogens (tertiary/aromatic N) is 1. The van der Waals surface area contributed by atoms with Crippen molar-refractivity contribution in [1.82, 2.24) is 15.6 Å². The molecule has 3 saturated carbocycles. The molecule has 32 heavy (non-hydrogen) atoms. The third kappa shape index (κ3) is 3.25. The highest BCUT2D eigenvalue weighted by Crippen LogP contribution is 2.77. The summed E-state index contributed by atoms with van der Waals surface area (Å²) in [6.07, 6.45) is 7.98. The number of carbonyl (C=O) groups excluding carboxylic acids is 2. The maximum Gasteiger partial charge on any atom is 0.315 e. The summed E-state index contributed by atoms with van der Waals surface area (Å²) < 4.78 is 6.14. The fourth-order valence-electron chi connectivity index (χ4n) is 5.45. The van der Waals surface area contributed by atoms with Gasteiger partial charge in [0.25, 0.3) is 0 Å². The number of carbonyl (C=O) groups is 2. The number of fused-ring (bicyclic) bond motifs is 2. The van der Waals surface area contributed by atoms with E-state index in [1.165, 1.54) is 12.8 Å². The topological polar surface area (TPSA) is 113 Å². The van der Waals surface area contributed by atoms with Crippen LogP contribution in [0.5, 0.6) is 17.2 Å². The smallest absolute Gasteiger partial charge is 0.315 e. The monoisotopic (exact) mass is 434 g/mol. The van der Waals surface area contributed by atoms with Gasteiger partial charge in [0.2, 0.25) is 5.91 Å².